The van der Waals surface area contributed by atoms with Crippen molar-refractivity contribution in [3.8, 4) is 0 Å². The molecule has 1 heterocycles. The largest absolute Gasteiger partial charge is 0.329 e. The van der Waals surface area contributed by atoms with Crippen LogP contribution in [0.2, 0.25) is 0 Å². The molecule has 0 aliphatic carbocycles. The Morgan fingerprint density at radius 2 is 2.00 bits per heavy atom. The quantitative estimate of drug-likeness (QED) is 0.941. The van der Waals surface area contributed by atoms with E-state index in [2.05, 4.69) is 5.32 Å². The predicted octanol–water partition coefficient (Wildman–Crippen LogP) is 3.30. The average Bonchev–Trinajstić information content (AvgIpc) is 2.72. The SMILES string of the molecule is CC(CC(=O)N1CC(=O)Nc2ccccc2C1)c1cccc(F)c1. The fourth-order valence-electron chi connectivity index (χ4n) is 2.90. The van der Waals surface area contributed by atoms with Crippen LogP contribution in [0.25, 0.3) is 0 Å². The van der Waals surface area contributed by atoms with Crippen molar-refractivity contribution in [3.05, 3.63) is 65.5 Å². The van der Waals surface area contributed by atoms with Crippen molar-refractivity contribution < 1.29 is 14.0 Å². The third-order valence-electron chi connectivity index (χ3n) is 4.24. The summed E-state index contributed by atoms with van der Waals surface area (Å²) in [6.07, 6.45) is 0.235. The number of rotatable bonds is 3. The Kier molecular flexibility index (Phi) is 4.60. The van der Waals surface area contributed by atoms with Crippen LogP contribution in [0.5, 0.6) is 0 Å². The van der Waals surface area contributed by atoms with Gasteiger partial charge in [0.05, 0.1) is 0 Å². The molecule has 0 radical (unpaired) electrons. The maximum absolute atomic E-state index is 13.3. The lowest BCUT2D eigenvalue weighted by atomic mass is 9.97. The first-order valence-electron chi connectivity index (χ1n) is 7.94. The van der Waals surface area contributed by atoms with Crippen LogP contribution in [0.3, 0.4) is 0 Å². The molecule has 2 aromatic rings. The van der Waals surface area contributed by atoms with Gasteiger partial charge in [0.15, 0.2) is 0 Å². The van der Waals surface area contributed by atoms with Gasteiger partial charge < -0.3 is 10.2 Å². The zero-order valence-corrected chi connectivity index (χ0v) is 13.5. The summed E-state index contributed by atoms with van der Waals surface area (Å²) < 4.78 is 13.3. The Morgan fingerprint density at radius 1 is 1.21 bits per heavy atom. The molecule has 1 unspecified atom stereocenters. The fourth-order valence-corrected chi connectivity index (χ4v) is 2.90. The second kappa shape index (κ2) is 6.83. The summed E-state index contributed by atoms with van der Waals surface area (Å²) in [6.45, 7) is 2.31. The van der Waals surface area contributed by atoms with Crippen LogP contribution in [0.15, 0.2) is 48.5 Å². The lowest BCUT2D eigenvalue weighted by Gasteiger charge is -2.22. The van der Waals surface area contributed by atoms with Crippen molar-refractivity contribution in [2.75, 3.05) is 11.9 Å². The molecule has 0 spiro atoms. The molecule has 0 saturated carbocycles. The highest BCUT2D eigenvalue weighted by molar-refractivity contribution is 5.96. The third kappa shape index (κ3) is 3.62. The van der Waals surface area contributed by atoms with Gasteiger partial charge in [-0.15, -0.1) is 0 Å². The first-order valence-corrected chi connectivity index (χ1v) is 7.94. The number of hydrogen-bond acceptors (Lipinski definition) is 2. The van der Waals surface area contributed by atoms with Crippen molar-refractivity contribution in [1.82, 2.24) is 4.90 Å². The number of carbonyl (C=O) groups is 2. The van der Waals surface area contributed by atoms with Crippen molar-refractivity contribution in [2.45, 2.75) is 25.8 Å². The van der Waals surface area contributed by atoms with Crippen LogP contribution < -0.4 is 5.32 Å². The van der Waals surface area contributed by atoms with Crippen molar-refractivity contribution in [2.24, 2.45) is 0 Å². The molecule has 124 valence electrons. The van der Waals surface area contributed by atoms with E-state index in [9.17, 15) is 14.0 Å². The topological polar surface area (TPSA) is 49.4 Å². The van der Waals surface area contributed by atoms with E-state index in [0.717, 1.165) is 16.8 Å². The van der Waals surface area contributed by atoms with Crippen molar-refractivity contribution >= 4 is 17.5 Å². The molecule has 0 saturated heterocycles. The van der Waals surface area contributed by atoms with E-state index < -0.39 is 0 Å². The smallest absolute Gasteiger partial charge is 0.244 e. The van der Waals surface area contributed by atoms with Crippen molar-refractivity contribution in [1.29, 1.82) is 0 Å². The van der Waals surface area contributed by atoms with Gasteiger partial charge in [0.2, 0.25) is 11.8 Å². The Bertz CT molecular complexity index is 775. The van der Waals surface area contributed by atoms with Crippen molar-refractivity contribution in [3.63, 3.8) is 0 Å². The standard InChI is InChI=1S/C19H19FN2O2/c1-13(14-6-4-7-16(20)10-14)9-19(24)22-11-15-5-2-3-8-17(15)21-18(23)12-22/h2-8,10,13H,9,11-12H2,1H3,(H,21,23). The van der Waals surface area contributed by atoms with E-state index in [4.69, 9.17) is 0 Å². The second-order valence-corrected chi connectivity index (χ2v) is 6.12. The summed E-state index contributed by atoms with van der Waals surface area (Å²) in [5.74, 6) is -0.741. The number of fused-ring (bicyclic) bond motifs is 1. The number of amides is 2. The van der Waals surface area contributed by atoms with Gasteiger partial charge in [0.25, 0.3) is 0 Å². The molecule has 3 rings (SSSR count). The number of anilines is 1. The first-order chi connectivity index (χ1) is 11.5. The van der Waals surface area contributed by atoms with Crippen LogP contribution in [0.4, 0.5) is 10.1 Å². The van der Waals surface area contributed by atoms with Crippen LogP contribution in [-0.2, 0) is 16.1 Å². The Balaban J connectivity index is 1.74. The molecule has 0 bridgehead atoms. The summed E-state index contributed by atoms with van der Waals surface area (Å²) in [5, 5.41) is 2.82. The summed E-state index contributed by atoms with van der Waals surface area (Å²) in [4.78, 5) is 26.2. The van der Waals surface area contributed by atoms with Crippen LogP contribution >= 0.6 is 0 Å². The highest BCUT2D eigenvalue weighted by atomic mass is 19.1. The molecule has 1 aliphatic heterocycles. The number of nitrogens with one attached hydrogen (secondary N) is 1. The minimum atomic E-state index is -0.310. The fraction of sp³-hybridized carbons (Fsp3) is 0.263. The molecule has 1 atom stereocenters. The van der Waals surface area contributed by atoms with E-state index in [1.54, 1.807) is 11.0 Å². The number of carbonyl (C=O) groups excluding carboxylic acids is 2. The molecule has 2 aromatic carbocycles. The molecule has 1 aliphatic rings. The second-order valence-electron chi connectivity index (χ2n) is 6.12. The molecule has 4 nitrogen and oxygen atoms in total. The minimum Gasteiger partial charge on any atom is -0.329 e. The molecule has 0 fully saturated rings. The van der Waals surface area contributed by atoms with Crippen LogP contribution in [-0.4, -0.2) is 23.3 Å². The number of para-hydroxylation sites is 1. The normalized spacial score (nSPS) is 15.2. The lowest BCUT2D eigenvalue weighted by molar-refractivity contribution is -0.135. The van der Waals surface area contributed by atoms with Gasteiger partial charge >= 0.3 is 0 Å². The monoisotopic (exact) mass is 326 g/mol. The number of halogens is 1. The van der Waals surface area contributed by atoms with Gasteiger partial charge in [-0.3, -0.25) is 9.59 Å². The highest BCUT2D eigenvalue weighted by Crippen LogP contribution is 2.24. The number of nitrogens with zero attached hydrogens (tertiary/aromatic N) is 1. The molecular weight excluding hydrogens is 307 g/mol. The van der Waals surface area contributed by atoms with Gasteiger partial charge in [0, 0.05) is 18.7 Å². The maximum atomic E-state index is 13.3. The maximum Gasteiger partial charge on any atom is 0.244 e. The van der Waals surface area contributed by atoms with Gasteiger partial charge in [-0.2, -0.15) is 0 Å². The van der Waals surface area contributed by atoms with E-state index in [0.29, 0.717) is 6.54 Å². The van der Waals surface area contributed by atoms with Crippen LogP contribution in [0.1, 0.15) is 30.4 Å². The van der Waals surface area contributed by atoms with Gasteiger partial charge in [-0.05, 0) is 35.2 Å². The summed E-state index contributed by atoms with van der Waals surface area (Å²) in [6, 6.07) is 13.7. The van der Waals surface area contributed by atoms with Gasteiger partial charge in [-0.25, -0.2) is 4.39 Å². The Labute approximate surface area is 140 Å². The minimum absolute atomic E-state index is 0.0311. The first kappa shape index (κ1) is 16.2. The van der Waals surface area contributed by atoms with E-state index in [1.807, 2.05) is 37.3 Å². The van der Waals surface area contributed by atoms with E-state index >= 15 is 0 Å². The Hall–Kier alpha value is -2.69. The van der Waals surface area contributed by atoms with Gasteiger partial charge in [-0.1, -0.05) is 37.3 Å². The van der Waals surface area contributed by atoms with Crippen LogP contribution in [0, 0.1) is 5.82 Å². The summed E-state index contributed by atoms with van der Waals surface area (Å²) >= 11 is 0. The summed E-state index contributed by atoms with van der Waals surface area (Å²) in [5.41, 5.74) is 2.44. The molecular formula is C19H19FN2O2. The number of benzene rings is 2. The predicted molar refractivity (Wildman–Crippen MR) is 89.9 cm³/mol. The lowest BCUT2D eigenvalue weighted by Crippen LogP contribution is -2.35. The average molecular weight is 326 g/mol. The van der Waals surface area contributed by atoms with E-state index in [-0.39, 0.29) is 36.5 Å². The number of hydrogen-bond donors (Lipinski definition) is 1. The molecule has 5 heteroatoms. The third-order valence-corrected chi connectivity index (χ3v) is 4.24. The zero-order chi connectivity index (χ0) is 17.1. The molecule has 24 heavy (non-hydrogen) atoms. The molecule has 1 N–H and O–H groups in total. The summed E-state index contributed by atoms with van der Waals surface area (Å²) in [7, 11) is 0. The van der Waals surface area contributed by atoms with E-state index in [1.165, 1.54) is 12.1 Å². The highest BCUT2D eigenvalue weighted by Gasteiger charge is 2.24. The Morgan fingerprint density at radius 3 is 2.79 bits per heavy atom. The molecule has 2 amide bonds. The molecule has 0 aromatic heterocycles. The zero-order valence-electron chi connectivity index (χ0n) is 13.5. The van der Waals surface area contributed by atoms with Gasteiger partial charge in [0.1, 0.15) is 12.4 Å².